The molecule has 0 saturated carbocycles. The number of hydrogen-bond acceptors (Lipinski definition) is 2. The van der Waals surface area contributed by atoms with E-state index in [0.717, 1.165) is 5.56 Å². The standard InChI is InChI=1S/C18H17F2NO2/c1-12(13-2-6-15(19)7-3-13)21-18(23)11-10-17(22)14-4-8-16(20)9-5-14/h2-9,12H,10-11H2,1H3,(H,21,23). The molecular formula is C18H17F2NO2. The van der Waals surface area contributed by atoms with Gasteiger partial charge >= 0.3 is 0 Å². The Hall–Kier alpha value is -2.56. The fourth-order valence-electron chi connectivity index (χ4n) is 2.16. The molecule has 1 atom stereocenters. The molecule has 0 aliphatic heterocycles. The van der Waals surface area contributed by atoms with E-state index in [4.69, 9.17) is 0 Å². The minimum absolute atomic E-state index is 0.0434. The number of rotatable bonds is 6. The average molecular weight is 317 g/mol. The molecule has 0 spiro atoms. The molecule has 120 valence electrons. The van der Waals surface area contributed by atoms with Crippen LogP contribution in [0.15, 0.2) is 48.5 Å². The molecule has 2 aromatic rings. The van der Waals surface area contributed by atoms with Crippen molar-refractivity contribution in [1.29, 1.82) is 0 Å². The number of carbonyl (C=O) groups is 2. The van der Waals surface area contributed by atoms with Crippen molar-refractivity contribution in [3.8, 4) is 0 Å². The smallest absolute Gasteiger partial charge is 0.220 e. The van der Waals surface area contributed by atoms with Crippen LogP contribution in [0.25, 0.3) is 0 Å². The molecule has 0 aromatic heterocycles. The number of carbonyl (C=O) groups excluding carboxylic acids is 2. The number of hydrogen-bond donors (Lipinski definition) is 1. The molecule has 0 aliphatic carbocycles. The third-order valence-corrected chi connectivity index (χ3v) is 3.49. The largest absolute Gasteiger partial charge is 0.350 e. The molecule has 1 N–H and O–H groups in total. The van der Waals surface area contributed by atoms with Crippen LogP contribution in [0.3, 0.4) is 0 Å². The van der Waals surface area contributed by atoms with Crippen LogP contribution in [-0.4, -0.2) is 11.7 Å². The molecule has 5 heteroatoms. The topological polar surface area (TPSA) is 46.2 Å². The maximum atomic E-state index is 12.9. The van der Waals surface area contributed by atoms with Crippen molar-refractivity contribution in [3.63, 3.8) is 0 Å². The van der Waals surface area contributed by atoms with Crippen LogP contribution in [0.2, 0.25) is 0 Å². The monoisotopic (exact) mass is 317 g/mol. The summed E-state index contributed by atoms with van der Waals surface area (Å²) in [7, 11) is 0. The van der Waals surface area contributed by atoms with Crippen molar-refractivity contribution in [3.05, 3.63) is 71.3 Å². The highest BCUT2D eigenvalue weighted by Gasteiger charge is 2.12. The molecule has 0 heterocycles. The summed E-state index contributed by atoms with van der Waals surface area (Å²) in [6.07, 6.45) is 0.0926. The lowest BCUT2D eigenvalue weighted by Gasteiger charge is -2.14. The van der Waals surface area contributed by atoms with Gasteiger partial charge < -0.3 is 5.32 Å². The summed E-state index contributed by atoms with van der Waals surface area (Å²) in [6.45, 7) is 1.78. The van der Waals surface area contributed by atoms with Crippen molar-refractivity contribution in [1.82, 2.24) is 5.32 Å². The van der Waals surface area contributed by atoms with Crippen molar-refractivity contribution in [2.75, 3.05) is 0 Å². The number of amides is 1. The highest BCUT2D eigenvalue weighted by Crippen LogP contribution is 2.13. The second-order valence-electron chi connectivity index (χ2n) is 5.27. The average Bonchev–Trinajstić information content (AvgIpc) is 2.54. The van der Waals surface area contributed by atoms with Gasteiger partial charge in [-0.1, -0.05) is 12.1 Å². The number of halogens is 2. The van der Waals surface area contributed by atoms with Crippen LogP contribution in [0.5, 0.6) is 0 Å². The van der Waals surface area contributed by atoms with E-state index in [-0.39, 0.29) is 36.4 Å². The summed E-state index contributed by atoms with van der Waals surface area (Å²) in [6, 6.07) is 10.8. The Morgan fingerprint density at radius 3 is 2.00 bits per heavy atom. The molecule has 2 rings (SSSR count). The van der Waals surface area contributed by atoms with Crippen molar-refractivity contribution >= 4 is 11.7 Å². The predicted octanol–water partition coefficient (Wildman–Crippen LogP) is 3.81. The van der Waals surface area contributed by atoms with E-state index >= 15 is 0 Å². The first-order valence-electron chi connectivity index (χ1n) is 7.29. The Kier molecular flexibility index (Phi) is 5.57. The van der Waals surface area contributed by atoms with E-state index < -0.39 is 5.82 Å². The van der Waals surface area contributed by atoms with Gasteiger partial charge in [-0.3, -0.25) is 9.59 Å². The first-order chi connectivity index (χ1) is 11.0. The van der Waals surface area contributed by atoms with Crippen LogP contribution in [-0.2, 0) is 4.79 Å². The van der Waals surface area contributed by atoms with Crippen LogP contribution < -0.4 is 5.32 Å². The molecule has 0 saturated heterocycles. The Morgan fingerprint density at radius 2 is 1.43 bits per heavy atom. The van der Waals surface area contributed by atoms with Crippen molar-refractivity contribution < 1.29 is 18.4 Å². The normalized spacial score (nSPS) is 11.8. The molecule has 1 amide bonds. The molecule has 1 unspecified atom stereocenters. The highest BCUT2D eigenvalue weighted by molar-refractivity contribution is 5.97. The SMILES string of the molecule is CC(NC(=O)CCC(=O)c1ccc(F)cc1)c1ccc(F)cc1. The number of Topliss-reactive ketones (excluding diaryl/α,β-unsaturated/α-hetero) is 1. The maximum Gasteiger partial charge on any atom is 0.220 e. The lowest BCUT2D eigenvalue weighted by Crippen LogP contribution is -2.26. The van der Waals surface area contributed by atoms with Crippen molar-refractivity contribution in [2.45, 2.75) is 25.8 Å². The molecule has 0 radical (unpaired) electrons. The van der Waals surface area contributed by atoms with Crippen LogP contribution in [0, 0.1) is 11.6 Å². The van der Waals surface area contributed by atoms with Gasteiger partial charge in [0.15, 0.2) is 5.78 Å². The molecule has 0 fully saturated rings. The van der Waals surface area contributed by atoms with Crippen LogP contribution in [0.4, 0.5) is 8.78 Å². The Bertz CT molecular complexity index is 681. The zero-order chi connectivity index (χ0) is 16.8. The molecule has 23 heavy (non-hydrogen) atoms. The van der Waals surface area contributed by atoms with Gasteiger partial charge in [-0.25, -0.2) is 8.78 Å². The van der Waals surface area contributed by atoms with Crippen LogP contribution >= 0.6 is 0 Å². The third kappa shape index (κ3) is 4.98. The van der Waals surface area contributed by atoms with Gasteiger partial charge in [0, 0.05) is 18.4 Å². The van der Waals surface area contributed by atoms with Gasteiger partial charge in [-0.2, -0.15) is 0 Å². The molecule has 0 bridgehead atoms. The van der Waals surface area contributed by atoms with Gasteiger partial charge in [0.2, 0.25) is 5.91 Å². The molecule has 3 nitrogen and oxygen atoms in total. The quantitative estimate of drug-likeness (QED) is 0.824. The first-order valence-corrected chi connectivity index (χ1v) is 7.29. The van der Waals surface area contributed by atoms with E-state index in [2.05, 4.69) is 5.32 Å². The number of ketones is 1. The van der Waals surface area contributed by atoms with E-state index in [9.17, 15) is 18.4 Å². The van der Waals surface area contributed by atoms with E-state index in [1.165, 1.54) is 36.4 Å². The van der Waals surface area contributed by atoms with Gasteiger partial charge in [0.1, 0.15) is 11.6 Å². The second-order valence-corrected chi connectivity index (χ2v) is 5.27. The maximum absolute atomic E-state index is 12.9. The summed E-state index contributed by atoms with van der Waals surface area (Å²) < 4.78 is 25.7. The van der Waals surface area contributed by atoms with Gasteiger partial charge in [0.05, 0.1) is 6.04 Å². The van der Waals surface area contributed by atoms with Crippen molar-refractivity contribution in [2.24, 2.45) is 0 Å². The fraction of sp³-hybridized carbons (Fsp3) is 0.222. The third-order valence-electron chi connectivity index (χ3n) is 3.49. The molecule has 2 aromatic carbocycles. The molecular weight excluding hydrogens is 300 g/mol. The summed E-state index contributed by atoms with van der Waals surface area (Å²) >= 11 is 0. The van der Waals surface area contributed by atoms with Gasteiger partial charge in [0.25, 0.3) is 0 Å². The fourth-order valence-corrected chi connectivity index (χ4v) is 2.16. The minimum Gasteiger partial charge on any atom is -0.350 e. The minimum atomic E-state index is -0.410. The van der Waals surface area contributed by atoms with E-state index in [1.807, 2.05) is 0 Å². The first kappa shape index (κ1) is 16.8. The Morgan fingerprint density at radius 1 is 0.913 bits per heavy atom. The highest BCUT2D eigenvalue weighted by atomic mass is 19.1. The Labute approximate surface area is 133 Å². The summed E-state index contributed by atoms with van der Waals surface area (Å²) in [5.41, 5.74) is 1.16. The van der Waals surface area contributed by atoms with E-state index in [0.29, 0.717) is 5.56 Å². The number of benzene rings is 2. The summed E-state index contributed by atoms with van der Waals surface area (Å²) in [4.78, 5) is 23.8. The molecule has 0 aliphatic rings. The summed E-state index contributed by atoms with van der Waals surface area (Å²) in [5, 5.41) is 2.76. The Balaban J connectivity index is 1.83. The summed E-state index contributed by atoms with van der Waals surface area (Å²) in [5.74, 6) is -1.23. The zero-order valence-corrected chi connectivity index (χ0v) is 12.7. The second kappa shape index (κ2) is 7.63. The van der Waals surface area contributed by atoms with Gasteiger partial charge in [-0.15, -0.1) is 0 Å². The van der Waals surface area contributed by atoms with Crippen LogP contribution in [0.1, 0.15) is 41.7 Å². The van der Waals surface area contributed by atoms with E-state index in [1.54, 1.807) is 19.1 Å². The lowest BCUT2D eigenvalue weighted by molar-refractivity contribution is -0.121. The van der Waals surface area contributed by atoms with Gasteiger partial charge in [-0.05, 0) is 48.9 Å². The predicted molar refractivity (Wildman–Crippen MR) is 82.9 cm³/mol. The lowest BCUT2D eigenvalue weighted by atomic mass is 10.1. The zero-order valence-electron chi connectivity index (χ0n) is 12.7. The number of nitrogens with one attached hydrogen (secondary N) is 1.